The van der Waals surface area contributed by atoms with Crippen molar-refractivity contribution in [1.29, 1.82) is 0 Å². The maximum absolute atomic E-state index is 13.9. The minimum absolute atomic E-state index is 0.119. The van der Waals surface area contributed by atoms with Crippen LogP contribution in [0.25, 0.3) is 0 Å². The molecule has 4 heteroatoms. The first kappa shape index (κ1) is 15.3. The average Bonchev–Trinajstić information content (AvgIpc) is 2.30. The van der Waals surface area contributed by atoms with E-state index in [1.54, 1.807) is 6.08 Å². The van der Waals surface area contributed by atoms with Crippen molar-refractivity contribution in [1.82, 2.24) is 5.32 Å². The van der Waals surface area contributed by atoms with E-state index in [4.69, 9.17) is 0 Å². The van der Waals surface area contributed by atoms with Crippen molar-refractivity contribution in [2.45, 2.75) is 32.2 Å². The molecule has 1 rings (SSSR count). The van der Waals surface area contributed by atoms with Gasteiger partial charge in [-0.1, -0.05) is 28.9 Å². The molecule has 0 aliphatic heterocycles. The number of benzene rings is 1. The van der Waals surface area contributed by atoms with E-state index in [0.29, 0.717) is 10.9 Å². The van der Waals surface area contributed by atoms with Crippen LogP contribution in [0.15, 0.2) is 29.3 Å². The molecule has 0 bridgehead atoms. The van der Waals surface area contributed by atoms with Crippen LogP contribution < -0.4 is 5.32 Å². The highest BCUT2D eigenvalue weighted by molar-refractivity contribution is 9.10. The van der Waals surface area contributed by atoms with Crippen LogP contribution in [0.1, 0.15) is 37.8 Å². The first-order chi connectivity index (χ1) is 8.60. The summed E-state index contributed by atoms with van der Waals surface area (Å²) in [6.07, 6.45) is 4.04. The lowest BCUT2D eigenvalue weighted by atomic mass is 10.0. The molecule has 18 heavy (non-hydrogen) atoms. The van der Waals surface area contributed by atoms with E-state index < -0.39 is 11.6 Å². The first-order valence-corrected chi connectivity index (χ1v) is 6.88. The molecule has 1 atom stereocenters. The van der Waals surface area contributed by atoms with Gasteiger partial charge in [0.1, 0.15) is 11.6 Å². The summed E-state index contributed by atoms with van der Waals surface area (Å²) in [6, 6.07) is 2.29. The number of allylic oxidation sites excluding steroid dienone is 1. The quantitative estimate of drug-likeness (QED) is 0.716. The van der Waals surface area contributed by atoms with E-state index in [2.05, 4.69) is 27.8 Å². The fourth-order valence-corrected chi connectivity index (χ4v) is 2.24. The summed E-state index contributed by atoms with van der Waals surface area (Å²) in [5.41, 5.74) is 0.119. The van der Waals surface area contributed by atoms with Gasteiger partial charge in [0, 0.05) is 16.1 Å². The second-order valence-electron chi connectivity index (χ2n) is 4.16. The standard InChI is InChI=1S/C14H18BrF2N/c1-3-5-6-13(18-7-4-2)14-11(16)8-10(15)9-12(14)17/h3,8-9,13,18H,1,4-7H2,2H3. The van der Waals surface area contributed by atoms with Crippen molar-refractivity contribution in [2.75, 3.05) is 6.54 Å². The molecule has 0 aromatic heterocycles. The first-order valence-electron chi connectivity index (χ1n) is 6.08. The van der Waals surface area contributed by atoms with Gasteiger partial charge in [-0.15, -0.1) is 6.58 Å². The number of rotatable bonds is 7. The minimum atomic E-state index is -0.514. The zero-order chi connectivity index (χ0) is 13.5. The van der Waals surface area contributed by atoms with E-state index in [0.717, 1.165) is 19.4 Å². The molecule has 1 unspecified atom stereocenters. The lowest BCUT2D eigenvalue weighted by Gasteiger charge is -2.20. The Morgan fingerprint density at radius 2 is 2.00 bits per heavy atom. The zero-order valence-electron chi connectivity index (χ0n) is 10.5. The molecule has 0 fully saturated rings. The van der Waals surface area contributed by atoms with Crippen molar-refractivity contribution in [3.8, 4) is 0 Å². The maximum atomic E-state index is 13.9. The Morgan fingerprint density at radius 1 is 1.39 bits per heavy atom. The number of hydrogen-bond acceptors (Lipinski definition) is 1. The third-order valence-corrected chi connectivity index (χ3v) is 3.15. The van der Waals surface area contributed by atoms with E-state index in [-0.39, 0.29) is 11.6 Å². The molecule has 0 radical (unpaired) electrons. The normalized spacial score (nSPS) is 12.4. The van der Waals surface area contributed by atoms with Crippen molar-refractivity contribution >= 4 is 15.9 Å². The summed E-state index contributed by atoms with van der Waals surface area (Å²) >= 11 is 3.08. The molecular formula is C14H18BrF2N. The van der Waals surface area contributed by atoms with E-state index in [1.807, 2.05) is 6.92 Å². The fourth-order valence-electron chi connectivity index (χ4n) is 1.84. The van der Waals surface area contributed by atoms with Gasteiger partial charge in [0.05, 0.1) is 0 Å². The molecule has 0 saturated heterocycles. The molecule has 1 aromatic rings. The van der Waals surface area contributed by atoms with Crippen LogP contribution in [0.3, 0.4) is 0 Å². The van der Waals surface area contributed by atoms with Gasteiger partial charge in [0.15, 0.2) is 0 Å². The maximum Gasteiger partial charge on any atom is 0.132 e. The number of nitrogens with one attached hydrogen (secondary N) is 1. The van der Waals surface area contributed by atoms with E-state index in [9.17, 15) is 8.78 Å². The van der Waals surface area contributed by atoms with Crippen LogP contribution in [0.5, 0.6) is 0 Å². The predicted molar refractivity (Wildman–Crippen MR) is 74.5 cm³/mol. The van der Waals surface area contributed by atoms with Gasteiger partial charge < -0.3 is 5.32 Å². The van der Waals surface area contributed by atoms with Crippen LogP contribution in [-0.2, 0) is 0 Å². The Hall–Kier alpha value is -0.740. The molecule has 100 valence electrons. The highest BCUT2D eigenvalue weighted by atomic mass is 79.9. The van der Waals surface area contributed by atoms with Crippen LogP contribution in [0.2, 0.25) is 0 Å². The topological polar surface area (TPSA) is 12.0 Å². The Bertz CT molecular complexity index is 384. The second-order valence-corrected chi connectivity index (χ2v) is 5.07. The summed E-state index contributed by atoms with van der Waals surface area (Å²) in [5.74, 6) is -1.03. The molecule has 1 nitrogen and oxygen atoms in total. The zero-order valence-corrected chi connectivity index (χ0v) is 12.1. The largest absolute Gasteiger partial charge is 0.310 e. The second kappa shape index (κ2) is 7.64. The molecule has 0 heterocycles. The molecule has 0 saturated carbocycles. The van der Waals surface area contributed by atoms with Gasteiger partial charge in [0.25, 0.3) is 0 Å². The summed E-state index contributed by atoms with van der Waals surface area (Å²) in [6.45, 7) is 6.40. The van der Waals surface area contributed by atoms with Crippen LogP contribution >= 0.6 is 15.9 Å². The van der Waals surface area contributed by atoms with Crippen molar-refractivity contribution in [3.63, 3.8) is 0 Å². The Labute approximate surface area is 115 Å². The number of halogens is 3. The molecule has 0 aliphatic carbocycles. The lowest BCUT2D eigenvalue weighted by molar-refractivity contribution is 0.448. The highest BCUT2D eigenvalue weighted by Gasteiger charge is 2.19. The summed E-state index contributed by atoms with van der Waals surface area (Å²) < 4.78 is 28.2. The average molecular weight is 318 g/mol. The van der Waals surface area contributed by atoms with Crippen LogP contribution in [-0.4, -0.2) is 6.54 Å². The minimum Gasteiger partial charge on any atom is -0.310 e. The Balaban J connectivity index is 2.99. The third kappa shape index (κ3) is 4.18. The monoisotopic (exact) mass is 317 g/mol. The molecule has 1 N–H and O–H groups in total. The summed E-state index contributed by atoms with van der Waals surface area (Å²) in [5, 5.41) is 3.18. The molecule has 0 spiro atoms. The fraction of sp³-hybridized carbons (Fsp3) is 0.429. The number of hydrogen-bond donors (Lipinski definition) is 1. The van der Waals surface area contributed by atoms with Crippen molar-refractivity contribution < 1.29 is 8.78 Å². The summed E-state index contributed by atoms with van der Waals surface area (Å²) in [4.78, 5) is 0. The third-order valence-electron chi connectivity index (χ3n) is 2.69. The highest BCUT2D eigenvalue weighted by Crippen LogP contribution is 2.27. The van der Waals surface area contributed by atoms with Gasteiger partial charge >= 0.3 is 0 Å². The summed E-state index contributed by atoms with van der Waals surface area (Å²) in [7, 11) is 0. The molecule has 0 amide bonds. The van der Waals surface area contributed by atoms with Crippen LogP contribution in [0, 0.1) is 11.6 Å². The van der Waals surface area contributed by atoms with Gasteiger partial charge in [-0.05, 0) is 37.9 Å². The van der Waals surface area contributed by atoms with Gasteiger partial charge in [-0.3, -0.25) is 0 Å². The lowest BCUT2D eigenvalue weighted by Crippen LogP contribution is -2.24. The van der Waals surface area contributed by atoms with E-state index >= 15 is 0 Å². The van der Waals surface area contributed by atoms with Gasteiger partial charge in [0.2, 0.25) is 0 Å². The Morgan fingerprint density at radius 3 is 2.50 bits per heavy atom. The predicted octanol–water partition coefficient (Wildman–Crippen LogP) is 4.73. The smallest absolute Gasteiger partial charge is 0.132 e. The molecule has 0 aliphatic rings. The van der Waals surface area contributed by atoms with Crippen LogP contribution in [0.4, 0.5) is 8.78 Å². The molecule has 1 aromatic carbocycles. The van der Waals surface area contributed by atoms with Gasteiger partial charge in [-0.25, -0.2) is 8.78 Å². The van der Waals surface area contributed by atoms with Crippen molar-refractivity contribution in [2.24, 2.45) is 0 Å². The van der Waals surface area contributed by atoms with Crippen molar-refractivity contribution in [3.05, 3.63) is 46.5 Å². The SMILES string of the molecule is C=CCCC(NCCC)c1c(F)cc(Br)cc1F. The van der Waals surface area contributed by atoms with Gasteiger partial charge in [-0.2, -0.15) is 0 Å². The Kier molecular flexibility index (Phi) is 6.50. The molecular weight excluding hydrogens is 300 g/mol. The van der Waals surface area contributed by atoms with E-state index in [1.165, 1.54) is 12.1 Å².